The first-order chi connectivity index (χ1) is 11.8. The summed E-state index contributed by atoms with van der Waals surface area (Å²) in [6, 6.07) is 22.8. The van der Waals surface area contributed by atoms with Crippen molar-refractivity contribution in [2.45, 2.75) is 6.04 Å². The summed E-state index contributed by atoms with van der Waals surface area (Å²) in [6.07, 6.45) is 3.88. The summed E-state index contributed by atoms with van der Waals surface area (Å²) in [7, 11) is 0. The van der Waals surface area contributed by atoms with E-state index in [1.54, 1.807) is 6.07 Å². The maximum Gasteiger partial charge on any atom is 0.226 e. The summed E-state index contributed by atoms with van der Waals surface area (Å²) < 4.78 is 1.98. The normalized spacial score (nSPS) is 11.7. The molecule has 0 fully saturated rings. The molecule has 0 bridgehead atoms. The molecule has 1 atom stereocenters. The van der Waals surface area contributed by atoms with Gasteiger partial charge < -0.3 is 5.11 Å². The van der Waals surface area contributed by atoms with Crippen molar-refractivity contribution >= 4 is 23.4 Å². The Kier molecular flexibility index (Phi) is 4.91. The predicted molar refractivity (Wildman–Crippen MR) is 96.6 cm³/mol. The maximum atomic E-state index is 12.6. The largest absolute Gasteiger partial charge is 0.857 e. The van der Waals surface area contributed by atoms with Gasteiger partial charge in [-0.05, 0) is 12.1 Å². The lowest BCUT2D eigenvalue weighted by Gasteiger charge is -2.18. The van der Waals surface area contributed by atoms with Gasteiger partial charge >= 0.3 is 0 Å². The Balaban J connectivity index is 0.00000182. The molecule has 1 unspecified atom stereocenters. The molecular formula is C20H16ClN3O. The minimum atomic E-state index is -0.308. The Labute approximate surface area is 151 Å². The molecule has 2 aromatic heterocycles. The van der Waals surface area contributed by atoms with Gasteiger partial charge in [0.05, 0.1) is 11.0 Å². The van der Waals surface area contributed by atoms with Crippen molar-refractivity contribution in [3.8, 4) is 5.88 Å². The van der Waals surface area contributed by atoms with Crippen molar-refractivity contribution in [2.24, 2.45) is 0 Å². The Morgan fingerprint density at radius 2 is 1.28 bits per heavy atom. The quantitative estimate of drug-likeness (QED) is 0.534. The summed E-state index contributed by atoms with van der Waals surface area (Å²) in [5, 5.41) is 12.6. The molecule has 4 rings (SSSR count). The molecule has 0 spiro atoms. The zero-order chi connectivity index (χ0) is 16.4. The molecule has 0 saturated heterocycles. The van der Waals surface area contributed by atoms with Gasteiger partial charge in [0.1, 0.15) is 5.69 Å². The lowest BCUT2D eigenvalue weighted by Crippen LogP contribution is -2.41. The minimum Gasteiger partial charge on any atom is -0.857 e. The second kappa shape index (κ2) is 7.28. The number of para-hydroxylation sites is 2. The van der Waals surface area contributed by atoms with Gasteiger partial charge in [0, 0.05) is 23.6 Å². The highest BCUT2D eigenvalue weighted by molar-refractivity contribution is 5.85. The van der Waals surface area contributed by atoms with Crippen LogP contribution in [0, 0.1) is 0 Å². The lowest BCUT2D eigenvalue weighted by molar-refractivity contribution is -0.705. The van der Waals surface area contributed by atoms with E-state index in [0.717, 1.165) is 11.1 Å². The van der Waals surface area contributed by atoms with Crippen LogP contribution in [0.4, 0.5) is 0 Å². The van der Waals surface area contributed by atoms with E-state index >= 15 is 0 Å². The highest BCUT2D eigenvalue weighted by Gasteiger charge is 2.26. The first-order valence-corrected chi connectivity index (χ1v) is 7.77. The van der Waals surface area contributed by atoms with E-state index in [2.05, 4.69) is 9.97 Å². The molecular weight excluding hydrogens is 334 g/mol. The van der Waals surface area contributed by atoms with Crippen molar-refractivity contribution in [2.75, 3.05) is 0 Å². The first kappa shape index (κ1) is 16.9. The Hall–Kier alpha value is -2.98. The van der Waals surface area contributed by atoms with Crippen LogP contribution in [0.1, 0.15) is 17.3 Å². The predicted octanol–water partition coefficient (Wildman–Crippen LogP) is 3.05. The Bertz CT molecular complexity index is 938. The average molecular weight is 350 g/mol. The van der Waals surface area contributed by atoms with E-state index in [1.165, 1.54) is 0 Å². The van der Waals surface area contributed by atoms with E-state index in [0.29, 0.717) is 11.2 Å². The molecule has 0 N–H and O–H groups in total. The zero-order valence-electron chi connectivity index (χ0n) is 13.3. The zero-order valence-corrected chi connectivity index (χ0v) is 14.1. The van der Waals surface area contributed by atoms with Crippen LogP contribution >= 0.6 is 12.4 Å². The second-order valence-corrected chi connectivity index (χ2v) is 5.54. The van der Waals surface area contributed by atoms with Gasteiger partial charge in [-0.2, -0.15) is 4.57 Å². The molecule has 5 heteroatoms. The molecule has 4 aromatic rings. The van der Waals surface area contributed by atoms with Crippen LogP contribution in [-0.2, 0) is 0 Å². The van der Waals surface area contributed by atoms with Crippen molar-refractivity contribution < 1.29 is 9.67 Å². The fourth-order valence-corrected chi connectivity index (χ4v) is 2.87. The third kappa shape index (κ3) is 3.30. The molecule has 124 valence electrons. The number of rotatable bonds is 3. The van der Waals surface area contributed by atoms with E-state index in [-0.39, 0.29) is 24.3 Å². The van der Waals surface area contributed by atoms with Crippen LogP contribution in [0.2, 0.25) is 0 Å². The summed E-state index contributed by atoms with van der Waals surface area (Å²) in [4.78, 5) is 8.85. The third-order valence-corrected chi connectivity index (χ3v) is 3.97. The standard InChI is InChI=1S/C20H15N3O.ClH/c24-20-18(21-16-11-5-6-12-17(16)22-20)19(15-9-3-1-4-10-15)23-13-7-2-8-14-23;/h1-14,19H;1H. The summed E-state index contributed by atoms with van der Waals surface area (Å²) in [5.41, 5.74) is 2.77. The summed E-state index contributed by atoms with van der Waals surface area (Å²) >= 11 is 0. The van der Waals surface area contributed by atoms with Gasteiger partial charge in [-0.25, -0.2) is 4.98 Å². The van der Waals surface area contributed by atoms with Gasteiger partial charge in [0.25, 0.3) is 0 Å². The van der Waals surface area contributed by atoms with Crippen LogP contribution in [-0.4, -0.2) is 9.97 Å². The maximum absolute atomic E-state index is 12.6. The molecule has 0 aliphatic rings. The van der Waals surface area contributed by atoms with Crippen molar-refractivity contribution in [1.82, 2.24) is 9.97 Å². The molecule has 0 aliphatic carbocycles. The van der Waals surface area contributed by atoms with E-state index in [4.69, 9.17) is 0 Å². The number of nitrogens with zero attached hydrogens (tertiary/aromatic N) is 3. The van der Waals surface area contributed by atoms with Crippen LogP contribution in [0.3, 0.4) is 0 Å². The highest BCUT2D eigenvalue weighted by atomic mass is 35.5. The van der Waals surface area contributed by atoms with Crippen LogP contribution in [0.5, 0.6) is 5.88 Å². The van der Waals surface area contributed by atoms with Gasteiger partial charge in [-0.15, -0.1) is 12.4 Å². The monoisotopic (exact) mass is 349 g/mol. The number of hydrogen-bond donors (Lipinski definition) is 0. The number of fused-ring (bicyclic) bond motifs is 1. The van der Waals surface area contributed by atoms with Crippen LogP contribution in [0.25, 0.3) is 11.0 Å². The van der Waals surface area contributed by atoms with Gasteiger partial charge in [-0.3, -0.25) is 4.98 Å². The lowest BCUT2D eigenvalue weighted by atomic mass is 10.0. The van der Waals surface area contributed by atoms with Crippen molar-refractivity contribution in [3.05, 3.63) is 96.4 Å². The minimum absolute atomic E-state index is 0. The molecule has 0 amide bonds. The third-order valence-electron chi connectivity index (χ3n) is 3.97. The Morgan fingerprint density at radius 3 is 1.96 bits per heavy atom. The topological polar surface area (TPSA) is 52.7 Å². The second-order valence-electron chi connectivity index (χ2n) is 5.54. The van der Waals surface area contributed by atoms with Crippen LogP contribution in [0.15, 0.2) is 85.2 Å². The summed E-state index contributed by atoms with van der Waals surface area (Å²) in [5.74, 6) is -0.293. The van der Waals surface area contributed by atoms with E-state index < -0.39 is 0 Å². The molecule has 0 radical (unpaired) electrons. The fraction of sp³-hybridized carbons (Fsp3) is 0.0500. The number of halogens is 1. The fourth-order valence-electron chi connectivity index (χ4n) is 2.87. The molecule has 4 nitrogen and oxygen atoms in total. The first-order valence-electron chi connectivity index (χ1n) is 7.77. The van der Waals surface area contributed by atoms with Crippen molar-refractivity contribution in [1.29, 1.82) is 0 Å². The molecule has 2 aromatic carbocycles. The van der Waals surface area contributed by atoms with Crippen molar-refractivity contribution in [3.63, 3.8) is 0 Å². The molecule has 0 saturated carbocycles. The highest BCUT2D eigenvalue weighted by Crippen LogP contribution is 2.26. The molecule has 2 heterocycles. The number of benzene rings is 2. The number of aromatic nitrogens is 3. The Morgan fingerprint density at radius 1 is 0.720 bits per heavy atom. The van der Waals surface area contributed by atoms with Gasteiger partial charge in [0.2, 0.25) is 6.04 Å². The van der Waals surface area contributed by atoms with Gasteiger partial charge in [-0.1, -0.05) is 48.5 Å². The summed E-state index contributed by atoms with van der Waals surface area (Å²) in [6.45, 7) is 0. The van der Waals surface area contributed by atoms with Gasteiger partial charge in [0.15, 0.2) is 12.4 Å². The molecule has 25 heavy (non-hydrogen) atoms. The smallest absolute Gasteiger partial charge is 0.226 e. The molecule has 0 aliphatic heterocycles. The number of hydrogen-bond acceptors (Lipinski definition) is 3. The van der Waals surface area contributed by atoms with E-state index in [9.17, 15) is 5.11 Å². The van der Waals surface area contributed by atoms with Crippen LogP contribution < -0.4 is 9.67 Å². The SMILES string of the molecule is Cl.[O-]c1nc2ccccc2nc1C(c1ccccc1)[n+]1ccccc1. The number of pyridine rings is 1. The average Bonchev–Trinajstić information content (AvgIpc) is 2.64. The van der Waals surface area contributed by atoms with E-state index in [1.807, 2.05) is 83.7 Å².